The number of hydrogen-bond donors (Lipinski definition) is 0. The van der Waals surface area contributed by atoms with Gasteiger partial charge in [0.05, 0.1) is 12.0 Å². The van der Waals surface area contributed by atoms with E-state index in [-0.39, 0.29) is 29.7 Å². The van der Waals surface area contributed by atoms with Crippen molar-refractivity contribution in [2.75, 3.05) is 20.1 Å². The molecule has 0 unspecified atom stereocenters. The van der Waals surface area contributed by atoms with Gasteiger partial charge in [0.15, 0.2) is 0 Å². The lowest BCUT2D eigenvalue weighted by Gasteiger charge is -2.36. The van der Waals surface area contributed by atoms with Crippen molar-refractivity contribution in [2.24, 2.45) is 11.8 Å². The molecule has 0 radical (unpaired) electrons. The van der Waals surface area contributed by atoms with E-state index < -0.39 is 0 Å². The average molecular weight is 356 g/mol. The number of amides is 2. The molecule has 0 N–H and O–H groups in total. The Labute approximate surface area is 154 Å². The Morgan fingerprint density at radius 1 is 1.23 bits per heavy atom. The molecule has 2 amide bonds. The SMILES string of the molecule is CC(C)C(=O)N1CCC[C@@H](C(=O)N(C)[C@H](C)c2cc3ccccc3o2)C1. The molecule has 26 heavy (non-hydrogen) atoms. The maximum atomic E-state index is 13.0. The van der Waals surface area contributed by atoms with Crippen molar-refractivity contribution in [1.29, 1.82) is 0 Å². The number of rotatable bonds is 4. The van der Waals surface area contributed by atoms with Gasteiger partial charge in [0, 0.05) is 31.4 Å². The van der Waals surface area contributed by atoms with Crippen LogP contribution in [0.25, 0.3) is 11.0 Å². The topological polar surface area (TPSA) is 53.8 Å². The van der Waals surface area contributed by atoms with Crippen LogP contribution < -0.4 is 0 Å². The van der Waals surface area contributed by atoms with E-state index in [1.54, 1.807) is 4.90 Å². The fraction of sp³-hybridized carbons (Fsp3) is 0.524. The number of carbonyl (C=O) groups excluding carboxylic acids is 2. The molecular weight excluding hydrogens is 328 g/mol. The van der Waals surface area contributed by atoms with Gasteiger partial charge in [-0.15, -0.1) is 0 Å². The third-order valence-corrected chi connectivity index (χ3v) is 5.36. The van der Waals surface area contributed by atoms with Gasteiger partial charge in [0.2, 0.25) is 11.8 Å². The Bertz CT molecular complexity index is 762. The van der Waals surface area contributed by atoms with Gasteiger partial charge >= 0.3 is 0 Å². The van der Waals surface area contributed by atoms with Crippen LogP contribution in [0.4, 0.5) is 0 Å². The molecule has 0 saturated carbocycles. The summed E-state index contributed by atoms with van der Waals surface area (Å²) in [5.74, 6) is 0.835. The zero-order valence-corrected chi connectivity index (χ0v) is 16.1. The van der Waals surface area contributed by atoms with Crippen LogP contribution in [0.15, 0.2) is 34.7 Å². The molecule has 0 bridgehead atoms. The van der Waals surface area contributed by atoms with E-state index in [9.17, 15) is 9.59 Å². The summed E-state index contributed by atoms with van der Waals surface area (Å²) in [5.41, 5.74) is 0.835. The van der Waals surface area contributed by atoms with Crippen molar-refractivity contribution < 1.29 is 14.0 Å². The van der Waals surface area contributed by atoms with Crippen LogP contribution in [0.2, 0.25) is 0 Å². The van der Waals surface area contributed by atoms with E-state index in [0.29, 0.717) is 6.54 Å². The molecule has 1 aliphatic heterocycles. The molecule has 5 heteroatoms. The fourth-order valence-electron chi connectivity index (χ4n) is 3.62. The molecule has 0 aliphatic carbocycles. The number of nitrogens with zero attached hydrogens (tertiary/aromatic N) is 2. The highest BCUT2D eigenvalue weighted by Crippen LogP contribution is 2.29. The minimum absolute atomic E-state index is 0.0314. The molecule has 3 rings (SSSR count). The minimum Gasteiger partial charge on any atom is -0.459 e. The molecule has 2 heterocycles. The Morgan fingerprint density at radius 2 is 1.96 bits per heavy atom. The number of benzene rings is 1. The predicted molar refractivity (Wildman–Crippen MR) is 102 cm³/mol. The maximum Gasteiger partial charge on any atom is 0.227 e. The zero-order valence-electron chi connectivity index (χ0n) is 16.1. The van der Waals surface area contributed by atoms with Crippen LogP contribution in [-0.2, 0) is 9.59 Å². The van der Waals surface area contributed by atoms with Gasteiger partial charge < -0.3 is 14.2 Å². The average Bonchev–Trinajstić information content (AvgIpc) is 3.09. The summed E-state index contributed by atoms with van der Waals surface area (Å²) in [6.45, 7) is 7.07. The highest BCUT2D eigenvalue weighted by molar-refractivity contribution is 5.82. The van der Waals surface area contributed by atoms with Crippen LogP contribution in [0.5, 0.6) is 0 Å². The monoisotopic (exact) mass is 356 g/mol. The van der Waals surface area contributed by atoms with Gasteiger partial charge in [-0.05, 0) is 31.9 Å². The largest absolute Gasteiger partial charge is 0.459 e. The molecular formula is C21H28N2O3. The molecule has 1 aromatic carbocycles. The summed E-state index contributed by atoms with van der Waals surface area (Å²) in [6, 6.07) is 9.71. The van der Waals surface area contributed by atoms with E-state index >= 15 is 0 Å². The standard InChI is InChI=1S/C21H28N2O3/c1-14(2)20(24)23-11-7-9-17(13-23)21(25)22(4)15(3)19-12-16-8-5-6-10-18(16)26-19/h5-6,8,10,12,14-15,17H,7,9,11,13H2,1-4H3/t15-,17-/m1/s1. The van der Waals surface area contributed by atoms with Crippen molar-refractivity contribution >= 4 is 22.8 Å². The molecule has 2 aromatic rings. The number of para-hydroxylation sites is 1. The van der Waals surface area contributed by atoms with Crippen molar-refractivity contribution in [2.45, 2.75) is 39.7 Å². The number of carbonyl (C=O) groups is 2. The first kappa shape index (κ1) is 18.5. The Kier molecular flexibility index (Phi) is 5.35. The van der Waals surface area contributed by atoms with Crippen LogP contribution in [0, 0.1) is 11.8 Å². The van der Waals surface area contributed by atoms with Crippen LogP contribution in [-0.4, -0.2) is 41.8 Å². The fourth-order valence-corrected chi connectivity index (χ4v) is 3.62. The summed E-state index contributed by atoms with van der Waals surface area (Å²) in [6.07, 6.45) is 1.71. The van der Waals surface area contributed by atoms with E-state index in [1.165, 1.54) is 0 Å². The third-order valence-electron chi connectivity index (χ3n) is 5.36. The van der Waals surface area contributed by atoms with Crippen molar-refractivity contribution in [3.8, 4) is 0 Å². The van der Waals surface area contributed by atoms with Crippen molar-refractivity contribution in [3.05, 3.63) is 36.1 Å². The molecule has 0 spiro atoms. The van der Waals surface area contributed by atoms with Crippen LogP contribution in [0.3, 0.4) is 0 Å². The summed E-state index contributed by atoms with van der Waals surface area (Å²) < 4.78 is 5.92. The second-order valence-electron chi connectivity index (χ2n) is 7.59. The number of piperidine rings is 1. The zero-order chi connectivity index (χ0) is 18.8. The second kappa shape index (κ2) is 7.52. The molecule has 2 atom stereocenters. The summed E-state index contributed by atoms with van der Waals surface area (Å²) in [5, 5.41) is 1.04. The number of hydrogen-bond acceptors (Lipinski definition) is 3. The number of fused-ring (bicyclic) bond motifs is 1. The summed E-state index contributed by atoms with van der Waals surface area (Å²) >= 11 is 0. The summed E-state index contributed by atoms with van der Waals surface area (Å²) in [7, 11) is 1.82. The van der Waals surface area contributed by atoms with E-state index in [1.807, 2.05) is 63.1 Å². The Morgan fingerprint density at radius 3 is 2.65 bits per heavy atom. The molecule has 1 aliphatic rings. The molecule has 140 valence electrons. The highest BCUT2D eigenvalue weighted by Gasteiger charge is 2.33. The Hall–Kier alpha value is -2.30. The van der Waals surface area contributed by atoms with Crippen LogP contribution in [0.1, 0.15) is 45.4 Å². The second-order valence-corrected chi connectivity index (χ2v) is 7.59. The van der Waals surface area contributed by atoms with E-state index in [2.05, 4.69) is 0 Å². The summed E-state index contributed by atoms with van der Waals surface area (Å²) in [4.78, 5) is 28.9. The van der Waals surface area contributed by atoms with Gasteiger partial charge in [0.1, 0.15) is 11.3 Å². The lowest BCUT2D eigenvalue weighted by Crippen LogP contribution is -2.47. The predicted octanol–water partition coefficient (Wildman–Crippen LogP) is 3.85. The normalized spacial score (nSPS) is 19.0. The van der Waals surface area contributed by atoms with Crippen LogP contribution >= 0.6 is 0 Å². The molecule has 1 fully saturated rings. The van der Waals surface area contributed by atoms with Crippen molar-refractivity contribution in [3.63, 3.8) is 0 Å². The quantitative estimate of drug-likeness (QED) is 0.836. The van der Waals surface area contributed by atoms with Gasteiger partial charge in [-0.25, -0.2) is 0 Å². The first-order valence-corrected chi connectivity index (χ1v) is 9.42. The molecule has 5 nitrogen and oxygen atoms in total. The molecule has 1 aromatic heterocycles. The molecule has 1 saturated heterocycles. The van der Waals surface area contributed by atoms with E-state index in [0.717, 1.165) is 36.1 Å². The first-order chi connectivity index (χ1) is 12.4. The van der Waals surface area contributed by atoms with Gasteiger partial charge in [-0.1, -0.05) is 32.0 Å². The maximum absolute atomic E-state index is 13.0. The van der Waals surface area contributed by atoms with Gasteiger partial charge in [-0.3, -0.25) is 9.59 Å². The number of likely N-dealkylation sites (tertiary alicyclic amines) is 1. The highest BCUT2D eigenvalue weighted by atomic mass is 16.3. The first-order valence-electron chi connectivity index (χ1n) is 9.42. The number of furan rings is 1. The van der Waals surface area contributed by atoms with Gasteiger partial charge in [-0.2, -0.15) is 0 Å². The minimum atomic E-state index is -0.147. The van der Waals surface area contributed by atoms with E-state index in [4.69, 9.17) is 4.42 Å². The lowest BCUT2D eigenvalue weighted by atomic mass is 9.95. The smallest absolute Gasteiger partial charge is 0.227 e. The lowest BCUT2D eigenvalue weighted by molar-refractivity contribution is -0.142. The third kappa shape index (κ3) is 3.62. The van der Waals surface area contributed by atoms with Gasteiger partial charge in [0.25, 0.3) is 0 Å². The Balaban J connectivity index is 1.71. The van der Waals surface area contributed by atoms with Crippen molar-refractivity contribution in [1.82, 2.24) is 9.80 Å².